The average Bonchev–Trinajstić information content (AvgIpc) is 2.95. The van der Waals surface area contributed by atoms with E-state index < -0.39 is 0 Å². The lowest BCUT2D eigenvalue weighted by atomic mass is 10.2. The van der Waals surface area contributed by atoms with Crippen LogP contribution in [0.25, 0.3) is 0 Å². The highest BCUT2D eigenvalue weighted by atomic mass is 16.3. The van der Waals surface area contributed by atoms with Gasteiger partial charge in [0.15, 0.2) is 0 Å². The molecule has 17 heavy (non-hydrogen) atoms. The molecule has 0 saturated carbocycles. The highest BCUT2D eigenvalue weighted by Gasteiger charge is 2.28. The smallest absolute Gasteiger partial charge is 0.237 e. The van der Waals surface area contributed by atoms with Gasteiger partial charge in [0.2, 0.25) is 5.91 Å². The van der Waals surface area contributed by atoms with Gasteiger partial charge >= 0.3 is 0 Å². The van der Waals surface area contributed by atoms with E-state index in [4.69, 9.17) is 4.42 Å². The molecule has 5 heteroatoms. The predicted molar refractivity (Wildman–Crippen MR) is 62.2 cm³/mol. The molecule has 2 heterocycles. The summed E-state index contributed by atoms with van der Waals surface area (Å²) in [5, 5.41) is 12.2. The van der Waals surface area contributed by atoms with Crippen LogP contribution in [-0.4, -0.2) is 41.1 Å². The van der Waals surface area contributed by atoms with Crippen molar-refractivity contribution in [2.45, 2.75) is 32.0 Å². The summed E-state index contributed by atoms with van der Waals surface area (Å²) < 4.78 is 5.14. The third-order valence-corrected chi connectivity index (χ3v) is 3.14. The Morgan fingerprint density at radius 1 is 1.76 bits per heavy atom. The number of furan rings is 1. The Kier molecular flexibility index (Phi) is 3.81. The Morgan fingerprint density at radius 3 is 3.18 bits per heavy atom. The maximum atomic E-state index is 11.9. The largest absolute Gasteiger partial charge is 0.467 e. The molecule has 1 aromatic heterocycles. The molecule has 2 N–H and O–H groups in total. The monoisotopic (exact) mass is 238 g/mol. The van der Waals surface area contributed by atoms with Crippen LogP contribution < -0.4 is 5.32 Å². The van der Waals surface area contributed by atoms with Crippen molar-refractivity contribution >= 4 is 5.91 Å². The quantitative estimate of drug-likeness (QED) is 0.794. The summed E-state index contributed by atoms with van der Waals surface area (Å²) in [6.07, 6.45) is 2.03. The normalized spacial score (nSPS) is 22.6. The zero-order valence-electron chi connectivity index (χ0n) is 9.93. The fourth-order valence-corrected chi connectivity index (χ4v) is 2.02. The van der Waals surface area contributed by atoms with E-state index in [1.807, 2.05) is 17.9 Å². The molecule has 1 amide bonds. The topological polar surface area (TPSA) is 65.7 Å². The van der Waals surface area contributed by atoms with Gasteiger partial charge in [-0.2, -0.15) is 0 Å². The number of amides is 1. The lowest BCUT2D eigenvalue weighted by Gasteiger charge is -2.22. The Morgan fingerprint density at radius 2 is 2.59 bits per heavy atom. The number of aliphatic hydroxyl groups excluding tert-OH is 1. The van der Waals surface area contributed by atoms with Gasteiger partial charge in [-0.05, 0) is 25.5 Å². The first-order valence-corrected chi connectivity index (χ1v) is 5.89. The summed E-state index contributed by atoms with van der Waals surface area (Å²) in [4.78, 5) is 13.8. The summed E-state index contributed by atoms with van der Waals surface area (Å²) in [5.41, 5.74) is 0. The molecule has 0 aliphatic carbocycles. The van der Waals surface area contributed by atoms with Gasteiger partial charge in [0.05, 0.1) is 25.0 Å². The standard InChI is InChI=1S/C12H18N2O3/c1-9(14-5-4-10(15)8-14)12(16)13-7-11-3-2-6-17-11/h2-3,6,9-10,15H,4-5,7-8H2,1H3,(H,13,16)/t9?,10-/m0/s1. The van der Waals surface area contributed by atoms with Crippen LogP contribution >= 0.6 is 0 Å². The van der Waals surface area contributed by atoms with E-state index >= 15 is 0 Å². The molecule has 0 aromatic carbocycles. The number of β-amino-alcohol motifs (C(OH)–C–C–N with tert-alkyl or cyclic N) is 1. The molecule has 1 fully saturated rings. The Balaban J connectivity index is 1.79. The van der Waals surface area contributed by atoms with Crippen LogP contribution in [-0.2, 0) is 11.3 Å². The molecular formula is C12H18N2O3. The Bertz CT molecular complexity index is 364. The average molecular weight is 238 g/mol. The molecule has 0 radical (unpaired) electrons. The van der Waals surface area contributed by atoms with Crippen LogP contribution in [0.4, 0.5) is 0 Å². The summed E-state index contributed by atoms with van der Waals surface area (Å²) in [5.74, 6) is 0.711. The molecule has 0 bridgehead atoms. The number of aliphatic hydroxyl groups is 1. The van der Waals surface area contributed by atoms with Crippen molar-refractivity contribution in [1.29, 1.82) is 0 Å². The number of carbonyl (C=O) groups is 1. The zero-order valence-corrected chi connectivity index (χ0v) is 9.93. The van der Waals surface area contributed by atoms with E-state index in [1.165, 1.54) is 0 Å². The zero-order chi connectivity index (χ0) is 12.3. The van der Waals surface area contributed by atoms with Crippen LogP contribution in [0.3, 0.4) is 0 Å². The number of hydrogen-bond acceptors (Lipinski definition) is 4. The molecule has 0 spiro atoms. The highest BCUT2D eigenvalue weighted by molar-refractivity contribution is 5.81. The number of nitrogens with one attached hydrogen (secondary N) is 1. The number of carbonyl (C=O) groups excluding carboxylic acids is 1. The first kappa shape index (κ1) is 12.1. The summed E-state index contributed by atoms with van der Waals surface area (Å²) in [7, 11) is 0. The Hall–Kier alpha value is -1.33. The molecule has 1 aromatic rings. The van der Waals surface area contributed by atoms with E-state index in [-0.39, 0.29) is 18.1 Å². The second kappa shape index (κ2) is 5.33. The first-order valence-electron chi connectivity index (χ1n) is 5.89. The summed E-state index contributed by atoms with van der Waals surface area (Å²) in [6, 6.07) is 3.41. The number of rotatable bonds is 4. The fraction of sp³-hybridized carbons (Fsp3) is 0.583. The SMILES string of the molecule is CC(C(=O)NCc1ccco1)N1CC[C@H](O)C1. The van der Waals surface area contributed by atoms with Crippen LogP contribution in [0, 0.1) is 0 Å². The van der Waals surface area contributed by atoms with Gasteiger partial charge in [0.25, 0.3) is 0 Å². The highest BCUT2D eigenvalue weighted by Crippen LogP contribution is 2.12. The molecule has 2 atom stereocenters. The lowest BCUT2D eigenvalue weighted by molar-refractivity contribution is -0.125. The van der Waals surface area contributed by atoms with E-state index in [1.54, 1.807) is 12.3 Å². The third-order valence-electron chi connectivity index (χ3n) is 3.14. The number of likely N-dealkylation sites (tertiary alicyclic amines) is 1. The minimum Gasteiger partial charge on any atom is -0.467 e. The van der Waals surface area contributed by atoms with Crippen LogP contribution in [0.15, 0.2) is 22.8 Å². The number of nitrogens with zero attached hydrogens (tertiary/aromatic N) is 1. The third kappa shape index (κ3) is 3.08. The molecule has 1 saturated heterocycles. The second-order valence-electron chi connectivity index (χ2n) is 4.41. The van der Waals surface area contributed by atoms with Gasteiger partial charge in [0.1, 0.15) is 5.76 Å². The van der Waals surface area contributed by atoms with Crippen molar-refractivity contribution in [2.24, 2.45) is 0 Å². The van der Waals surface area contributed by atoms with Gasteiger partial charge in [0, 0.05) is 13.1 Å². The molecule has 5 nitrogen and oxygen atoms in total. The predicted octanol–water partition coefficient (Wildman–Crippen LogP) is 0.351. The van der Waals surface area contributed by atoms with Crippen molar-refractivity contribution < 1.29 is 14.3 Å². The fourth-order valence-electron chi connectivity index (χ4n) is 2.02. The van der Waals surface area contributed by atoms with Crippen molar-refractivity contribution in [3.05, 3.63) is 24.2 Å². The maximum absolute atomic E-state index is 11.9. The van der Waals surface area contributed by atoms with Crippen LogP contribution in [0.2, 0.25) is 0 Å². The van der Waals surface area contributed by atoms with Gasteiger partial charge < -0.3 is 14.8 Å². The van der Waals surface area contributed by atoms with E-state index in [0.29, 0.717) is 13.1 Å². The van der Waals surface area contributed by atoms with Crippen molar-refractivity contribution in [2.75, 3.05) is 13.1 Å². The van der Waals surface area contributed by atoms with Gasteiger partial charge in [-0.3, -0.25) is 9.69 Å². The summed E-state index contributed by atoms with van der Waals surface area (Å²) in [6.45, 7) is 3.62. The molecule has 94 valence electrons. The molecule has 1 aliphatic rings. The van der Waals surface area contributed by atoms with Crippen molar-refractivity contribution in [3.63, 3.8) is 0 Å². The summed E-state index contributed by atoms with van der Waals surface area (Å²) >= 11 is 0. The number of hydrogen-bond donors (Lipinski definition) is 2. The first-order chi connectivity index (χ1) is 8.16. The van der Waals surface area contributed by atoms with Crippen molar-refractivity contribution in [1.82, 2.24) is 10.2 Å². The molecule has 2 rings (SSSR count). The molecule has 1 unspecified atom stereocenters. The lowest BCUT2D eigenvalue weighted by Crippen LogP contribution is -2.44. The second-order valence-corrected chi connectivity index (χ2v) is 4.41. The molecule has 1 aliphatic heterocycles. The maximum Gasteiger partial charge on any atom is 0.237 e. The minimum atomic E-state index is -0.296. The van der Waals surface area contributed by atoms with Crippen LogP contribution in [0.5, 0.6) is 0 Å². The van der Waals surface area contributed by atoms with Gasteiger partial charge in [-0.15, -0.1) is 0 Å². The Labute approximate surface area is 100 Å². The molecular weight excluding hydrogens is 220 g/mol. The van der Waals surface area contributed by atoms with E-state index in [9.17, 15) is 9.90 Å². The van der Waals surface area contributed by atoms with Gasteiger partial charge in [-0.25, -0.2) is 0 Å². The van der Waals surface area contributed by atoms with E-state index in [2.05, 4.69) is 5.32 Å². The minimum absolute atomic E-state index is 0.0319. The van der Waals surface area contributed by atoms with E-state index in [0.717, 1.165) is 18.7 Å². The van der Waals surface area contributed by atoms with Gasteiger partial charge in [-0.1, -0.05) is 0 Å². The van der Waals surface area contributed by atoms with Crippen molar-refractivity contribution in [3.8, 4) is 0 Å². The van der Waals surface area contributed by atoms with Crippen LogP contribution in [0.1, 0.15) is 19.1 Å².